The van der Waals surface area contributed by atoms with Crippen molar-refractivity contribution in [1.82, 2.24) is 20.0 Å². The largest absolute Gasteiger partial charge is 0.337 e. The smallest absolute Gasteiger partial charge is 0.274 e. The van der Waals surface area contributed by atoms with Crippen LogP contribution in [0.3, 0.4) is 0 Å². The first-order valence-electron chi connectivity index (χ1n) is 7.94. The third kappa shape index (κ3) is 4.14. The molecule has 2 aromatic rings. The zero-order valence-corrected chi connectivity index (χ0v) is 15.0. The highest BCUT2D eigenvalue weighted by Crippen LogP contribution is 2.15. The van der Waals surface area contributed by atoms with Gasteiger partial charge >= 0.3 is 0 Å². The first-order chi connectivity index (χ1) is 12.0. The van der Waals surface area contributed by atoms with Crippen LogP contribution in [0, 0.1) is 0 Å². The Morgan fingerprint density at radius 1 is 1.00 bits per heavy atom. The second-order valence-electron chi connectivity index (χ2n) is 5.75. The Hall–Kier alpha value is -2.48. The number of halogens is 1. The number of amides is 2. The van der Waals surface area contributed by atoms with E-state index in [1.54, 1.807) is 21.9 Å². The number of rotatable bonds is 2. The van der Waals surface area contributed by atoms with Crippen molar-refractivity contribution in [3.8, 4) is 0 Å². The van der Waals surface area contributed by atoms with Crippen molar-refractivity contribution in [2.45, 2.75) is 6.42 Å². The number of aromatic amines is 1. The lowest BCUT2D eigenvalue weighted by Gasteiger charge is -2.22. The fraction of sp³-hybridized carbons (Fsp3) is 0.294. The van der Waals surface area contributed by atoms with Gasteiger partial charge in [-0.25, -0.2) is 5.10 Å². The van der Waals surface area contributed by atoms with E-state index in [2.05, 4.69) is 26.1 Å². The Bertz CT molecular complexity index is 831. The molecular formula is C17H17BrN4O3. The van der Waals surface area contributed by atoms with Crippen molar-refractivity contribution >= 4 is 27.7 Å². The summed E-state index contributed by atoms with van der Waals surface area (Å²) in [5, 5.41) is 6.05. The summed E-state index contributed by atoms with van der Waals surface area (Å²) in [5.74, 6) is -0.286. The van der Waals surface area contributed by atoms with E-state index in [0.29, 0.717) is 38.2 Å². The fourth-order valence-corrected chi connectivity index (χ4v) is 3.15. The van der Waals surface area contributed by atoms with Crippen LogP contribution in [0.25, 0.3) is 0 Å². The van der Waals surface area contributed by atoms with Crippen LogP contribution in [0.1, 0.15) is 27.3 Å². The van der Waals surface area contributed by atoms with Crippen LogP contribution >= 0.6 is 15.9 Å². The second kappa shape index (κ2) is 7.60. The first-order valence-corrected chi connectivity index (χ1v) is 8.74. The van der Waals surface area contributed by atoms with Gasteiger partial charge in [-0.3, -0.25) is 14.4 Å². The molecule has 0 atom stereocenters. The van der Waals surface area contributed by atoms with Crippen LogP contribution in [-0.2, 0) is 0 Å². The molecule has 7 nitrogen and oxygen atoms in total. The molecule has 0 spiro atoms. The van der Waals surface area contributed by atoms with Gasteiger partial charge in [0.2, 0.25) is 0 Å². The number of benzene rings is 1. The van der Waals surface area contributed by atoms with E-state index in [1.165, 1.54) is 12.1 Å². The minimum atomic E-state index is -0.349. The molecule has 0 unspecified atom stereocenters. The van der Waals surface area contributed by atoms with Gasteiger partial charge in [-0.1, -0.05) is 22.0 Å². The number of nitrogens with one attached hydrogen (secondary N) is 1. The molecule has 1 N–H and O–H groups in total. The predicted octanol–water partition coefficient (Wildman–Crippen LogP) is 1.52. The molecule has 1 aromatic heterocycles. The highest BCUT2D eigenvalue weighted by atomic mass is 79.9. The van der Waals surface area contributed by atoms with E-state index >= 15 is 0 Å². The molecule has 1 aromatic carbocycles. The third-order valence-corrected chi connectivity index (χ3v) is 4.53. The van der Waals surface area contributed by atoms with Crippen LogP contribution in [0.4, 0.5) is 0 Å². The van der Waals surface area contributed by atoms with E-state index in [1.807, 2.05) is 12.1 Å². The third-order valence-electron chi connectivity index (χ3n) is 4.04. The molecule has 1 fully saturated rings. The van der Waals surface area contributed by atoms with E-state index in [0.717, 1.165) is 4.47 Å². The molecule has 1 aliphatic rings. The fourth-order valence-electron chi connectivity index (χ4n) is 2.75. The highest BCUT2D eigenvalue weighted by Gasteiger charge is 2.24. The number of carbonyl (C=O) groups excluding carboxylic acids is 2. The lowest BCUT2D eigenvalue weighted by molar-refractivity contribution is 0.0715. The van der Waals surface area contributed by atoms with Gasteiger partial charge in [-0.15, -0.1) is 0 Å². The monoisotopic (exact) mass is 404 g/mol. The zero-order chi connectivity index (χ0) is 17.8. The summed E-state index contributed by atoms with van der Waals surface area (Å²) in [4.78, 5) is 39.6. The molecule has 3 rings (SSSR count). The Morgan fingerprint density at radius 3 is 2.36 bits per heavy atom. The Balaban J connectivity index is 1.67. The average molecular weight is 405 g/mol. The standard InChI is InChI=1S/C17H17BrN4O3/c18-13-4-1-3-12(11-13)16(24)21-7-2-8-22(10-9-21)17(25)14-5-6-15(23)20-19-14/h1,3-6,11H,2,7-10H2,(H,20,23). The molecule has 0 bridgehead atoms. The van der Waals surface area contributed by atoms with Gasteiger partial charge in [0.25, 0.3) is 17.4 Å². The van der Waals surface area contributed by atoms with E-state index < -0.39 is 0 Å². The molecule has 2 amide bonds. The van der Waals surface area contributed by atoms with Crippen molar-refractivity contribution in [2.24, 2.45) is 0 Å². The van der Waals surface area contributed by atoms with Crippen LogP contribution in [0.15, 0.2) is 45.7 Å². The van der Waals surface area contributed by atoms with Crippen molar-refractivity contribution in [3.63, 3.8) is 0 Å². The molecule has 130 valence electrons. The highest BCUT2D eigenvalue weighted by molar-refractivity contribution is 9.10. The minimum Gasteiger partial charge on any atom is -0.337 e. The summed E-state index contributed by atoms with van der Waals surface area (Å²) in [7, 11) is 0. The summed E-state index contributed by atoms with van der Waals surface area (Å²) in [6.45, 7) is 2.02. The SMILES string of the molecule is O=C(c1cccc(Br)c1)N1CCCN(C(=O)c2ccc(=O)[nH]n2)CC1. The molecule has 1 aliphatic heterocycles. The quantitative estimate of drug-likeness (QED) is 0.821. The van der Waals surface area contributed by atoms with Crippen molar-refractivity contribution < 1.29 is 9.59 Å². The molecule has 25 heavy (non-hydrogen) atoms. The second-order valence-corrected chi connectivity index (χ2v) is 6.67. The van der Waals surface area contributed by atoms with Crippen LogP contribution in [0.2, 0.25) is 0 Å². The lowest BCUT2D eigenvalue weighted by Crippen LogP contribution is -2.37. The number of H-pyrrole nitrogens is 1. The summed E-state index contributed by atoms with van der Waals surface area (Å²) in [6, 6.07) is 9.97. The Morgan fingerprint density at radius 2 is 1.72 bits per heavy atom. The van der Waals surface area contributed by atoms with Gasteiger partial charge in [-0.05, 0) is 30.7 Å². The zero-order valence-electron chi connectivity index (χ0n) is 13.4. The number of carbonyl (C=O) groups is 2. The van der Waals surface area contributed by atoms with Gasteiger partial charge in [0.15, 0.2) is 0 Å². The number of aromatic nitrogens is 2. The van der Waals surface area contributed by atoms with Gasteiger partial charge in [0, 0.05) is 42.3 Å². The predicted molar refractivity (Wildman–Crippen MR) is 95.4 cm³/mol. The van der Waals surface area contributed by atoms with Gasteiger partial charge in [0.1, 0.15) is 5.69 Å². The summed E-state index contributed by atoms with van der Waals surface area (Å²) in [6.07, 6.45) is 0.689. The van der Waals surface area contributed by atoms with Crippen molar-refractivity contribution in [1.29, 1.82) is 0 Å². The number of hydrogen-bond acceptors (Lipinski definition) is 4. The molecular weight excluding hydrogens is 388 g/mol. The van der Waals surface area contributed by atoms with Crippen LogP contribution in [-0.4, -0.2) is 58.0 Å². The molecule has 8 heteroatoms. The number of hydrogen-bond donors (Lipinski definition) is 1. The lowest BCUT2D eigenvalue weighted by atomic mass is 10.2. The molecule has 0 aliphatic carbocycles. The molecule has 0 saturated carbocycles. The Labute approximate surface area is 152 Å². The maximum atomic E-state index is 12.6. The summed E-state index contributed by atoms with van der Waals surface area (Å²) in [5.41, 5.74) is 0.473. The van der Waals surface area contributed by atoms with Crippen molar-refractivity contribution in [3.05, 3.63) is 62.5 Å². The van der Waals surface area contributed by atoms with E-state index in [9.17, 15) is 14.4 Å². The maximum absolute atomic E-state index is 12.6. The maximum Gasteiger partial charge on any atom is 0.274 e. The van der Waals surface area contributed by atoms with Gasteiger partial charge in [0.05, 0.1) is 0 Å². The number of nitrogens with zero attached hydrogens (tertiary/aromatic N) is 3. The van der Waals surface area contributed by atoms with Crippen molar-refractivity contribution in [2.75, 3.05) is 26.2 Å². The summed E-state index contributed by atoms with van der Waals surface area (Å²) >= 11 is 3.37. The van der Waals surface area contributed by atoms with E-state index in [-0.39, 0.29) is 23.1 Å². The summed E-state index contributed by atoms with van der Waals surface area (Å²) < 4.78 is 0.856. The van der Waals surface area contributed by atoms with Crippen LogP contribution in [0.5, 0.6) is 0 Å². The van der Waals surface area contributed by atoms with Gasteiger partial charge < -0.3 is 9.80 Å². The molecule has 1 saturated heterocycles. The average Bonchev–Trinajstić information content (AvgIpc) is 2.87. The topological polar surface area (TPSA) is 86.4 Å². The van der Waals surface area contributed by atoms with E-state index in [4.69, 9.17) is 0 Å². The van der Waals surface area contributed by atoms with Gasteiger partial charge in [-0.2, -0.15) is 5.10 Å². The Kier molecular flexibility index (Phi) is 5.28. The van der Waals surface area contributed by atoms with Crippen LogP contribution < -0.4 is 5.56 Å². The minimum absolute atomic E-state index is 0.0437. The molecule has 0 radical (unpaired) electrons. The normalized spacial score (nSPS) is 14.9. The first kappa shape index (κ1) is 17.3. The molecule has 2 heterocycles.